The maximum atomic E-state index is 11.4. The van der Waals surface area contributed by atoms with Gasteiger partial charge in [0.1, 0.15) is 17.1 Å². The number of rotatable bonds is 7. The van der Waals surface area contributed by atoms with Crippen molar-refractivity contribution in [1.29, 1.82) is 0 Å². The first kappa shape index (κ1) is 17.0. The Hall–Kier alpha value is -2.07. The SMILES string of the molecule is Cc1oc(CNC(=O)NCCNS(C)(=O)=O)cc1C(=O)O. The summed E-state index contributed by atoms with van der Waals surface area (Å²) in [4.78, 5) is 22.2. The number of carboxylic acids is 1. The molecule has 0 aliphatic rings. The second-order valence-electron chi connectivity index (χ2n) is 4.26. The molecule has 0 fully saturated rings. The minimum atomic E-state index is -3.28. The Kier molecular flexibility index (Phi) is 5.73. The summed E-state index contributed by atoms with van der Waals surface area (Å²) in [5.41, 5.74) is 0.0459. The lowest BCUT2D eigenvalue weighted by Gasteiger charge is -2.06. The van der Waals surface area contributed by atoms with Crippen molar-refractivity contribution in [3.63, 3.8) is 0 Å². The number of carbonyl (C=O) groups excluding carboxylic acids is 1. The van der Waals surface area contributed by atoms with Gasteiger partial charge in [0.25, 0.3) is 0 Å². The number of hydrogen-bond donors (Lipinski definition) is 4. The molecule has 118 valence electrons. The fourth-order valence-corrected chi connectivity index (χ4v) is 1.96. The summed E-state index contributed by atoms with van der Waals surface area (Å²) in [6.45, 7) is 1.75. The molecule has 0 aromatic carbocycles. The van der Waals surface area contributed by atoms with Crippen LogP contribution in [0.5, 0.6) is 0 Å². The van der Waals surface area contributed by atoms with Gasteiger partial charge in [-0.15, -0.1) is 0 Å². The van der Waals surface area contributed by atoms with Gasteiger partial charge in [-0.25, -0.2) is 22.7 Å². The Morgan fingerprint density at radius 1 is 1.29 bits per heavy atom. The molecule has 0 aliphatic heterocycles. The molecule has 1 aromatic rings. The Labute approximate surface area is 121 Å². The lowest BCUT2D eigenvalue weighted by atomic mass is 10.2. The molecule has 0 saturated heterocycles. The first-order valence-electron chi connectivity index (χ1n) is 5.98. The minimum absolute atomic E-state index is 0.0272. The standard InChI is InChI=1S/C11H17N3O6S/c1-7-9(10(15)16)5-8(20-7)6-13-11(17)12-3-4-14-21(2,18)19/h5,14H,3-4,6H2,1-2H3,(H,15,16)(H2,12,13,17). The summed E-state index contributed by atoms with van der Waals surface area (Å²) in [6.07, 6.45) is 1.02. The summed E-state index contributed by atoms with van der Waals surface area (Å²) in [5, 5.41) is 13.7. The molecular weight excluding hydrogens is 302 g/mol. The van der Waals surface area contributed by atoms with Crippen LogP contribution < -0.4 is 15.4 Å². The Bertz CT molecular complexity index is 622. The quantitative estimate of drug-likeness (QED) is 0.506. The zero-order valence-electron chi connectivity index (χ0n) is 11.6. The molecule has 0 bridgehead atoms. The summed E-state index contributed by atoms with van der Waals surface area (Å²) in [6, 6.07) is 0.819. The molecule has 0 spiro atoms. The van der Waals surface area contributed by atoms with Gasteiger partial charge in [-0.1, -0.05) is 0 Å². The van der Waals surface area contributed by atoms with Crippen molar-refractivity contribution < 1.29 is 27.5 Å². The maximum Gasteiger partial charge on any atom is 0.339 e. The normalized spacial score (nSPS) is 11.1. The topological polar surface area (TPSA) is 138 Å². The van der Waals surface area contributed by atoms with E-state index in [1.54, 1.807) is 0 Å². The second kappa shape index (κ2) is 7.09. The maximum absolute atomic E-state index is 11.4. The Morgan fingerprint density at radius 3 is 2.48 bits per heavy atom. The molecule has 0 saturated carbocycles. The van der Waals surface area contributed by atoms with E-state index in [2.05, 4.69) is 15.4 Å². The van der Waals surface area contributed by atoms with E-state index in [0.29, 0.717) is 5.76 Å². The number of aromatic carboxylic acids is 1. The van der Waals surface area contributed by atoms with Crippen LogP contribution in [0.25, 0.3) is 0 Å². The summed E-state index contributed by atoms with van der Waals surface area (Å²) < 4.78 is 29.0. The van der Waals surface area contributed by atoms with Crippen molar-refractivity contribution >= 4 is 22.0 Å². The number of sulfonamides is 1. The first-order chi connectivity index (χ1) is 9.69. The van der Waals surface area contributed by atoms with Gasteiger partial charge in [0.2, 0.25) is 10.0 Å². The van der Waals surface area contributed by atoms with E-state index in [0.717, 1.165) is 6.26 Å². The fraction of sp³-hybridized carbons (Fsp3) is 0.455. The van der Waals surface area contributed by atoms with Crippen molar-refractivity contribution in [2.24, 2.45) is 0 Å². The second-order valence-corrected chi connectivity index (χ2v) is 6.10. The third-order valence-electron chi connectivity index (χ3n) is 2.40. The summed E-state index contributed by atoms with van der Waals surface area (Å²) in [5.74, 6) is -0.523. The lowest BCUT2D eigenvalue weighted by molar-refractivity contribution is 0.0695. The fourth-order valence-electron chi connectivity index (χ4n) is 1.49. The highest BCUT2D eigenvalue weighted by Crippen LogP contribution is 2.14. The number of carbonyl (C=O) groups is 2. The van der Waals surface area contributed by atoms with Crippen molar-refractivity contribution in [2.75, 3.05) is 19.3 Å². The van der Waals surface area contributed by atoms with E-state index in [1.165, 1.54) is 13.0 Å². The third kappa shape index (κ3) is 6.27. The van der Waals surface area contributed by atoms with E-state index in [-0.39, 0.29) is 31.0 Å². The zero-order chi connectivity index (χ0) is 16.0. The number of amides is 2. The molecule has 1 rings (SSSR count). The molecule has 9 nitrogen and oxygen atoms in total. The molecule has 10 heteroatoms. The number of hydrogen-bond acceptors (Lipinski definition) is 5. The van der Waals surface area contributed by atoms with Crippen LogP contribution in [0, 0.1) is 6.92 Å². The number of aryl methyl sites for hydroxylation is 1. The van der Waals surface area contributed by atoms with Crippen molar-refractivity contribution in [1.82, 2.24) is 15.4 Å². The van der Waals surface area contributed by atoms with Gasteiger partial charge in [-0.3, -0.25) is 0 Å². The van der Waals surface area contributed by atoms with Crippen LogP contribution in [-0.4, -0.2) is 44.9 Å². The van der Waals surface area contributed by atoms with Gasteiger partial charge in [0.05, 0.1) is 12.8 Å². The van der Waals surface area contributed by atoms with Gasteiger partial charge >= 0.3 is 12.0 Å². The molecular formula is C11H17N3O6S. The van der Waals surface area contributed by atoms with Crippen LogP contribution in [0.3, 0.4) is 0 Å². The molecule has 0 radical (unpaired) electrons. The summed E-state index contributed by atoms with van der Waals surface area (Å²) >= 11 is 0. The molecule has 21 heavy (non-hydrogen) atoms. The van der Waals surface area contributed by atoms with E-state index in [4.69, 9.17) is 9.52 Å². The largest absolute Gasteiger partial charge is 0.478 e. The lowest BCUT2D eigenvalue weighted by Crippen LogP contribution is -2.39. The highest BCUT2D eigenvalue weighted by molar-refractivity contribution is 7.88. The van der Waals surface area contributed by atoms with E-state index < -0.39 is 22.0 Å². The molecule has 4 N–H and O–H groups in total. The zero-order valence-corrected chi connectivity index (χ0v) is 12.4. The van der Waals surface area contributed by atoms with Crippen LogP contribution in [0.1, 0.15) is 21.9 Å². The van der Waals surface area contributed by atoms with E-state index in [9.17, 15) is 18.0 Å². The van der Waals surface area contributed by atoms with Gasteiger partial charge in [-0.05, 0) is 13.0 Å². The van der Waals surface area contributed by atoms with E-state index >= 15 is 0 Å². The number of nitrogens with one attached hydrogen (secondary N) is 3. The van der Waals surface area contributed by atoms with Gasteiger partial charge < -0.3 is 20.2 Å². The third-order valence-corrected chi connectivity index (χ3v) is 3.13. The smallest absolute Gasteiger partial charge is 0.339 e. The van der Waals surface area contributed by atoms with Gasteiger partial charge in [0.15, 0.2) is 0 Å². The first-order valence-corrected chi connectivity index (χ1v) is 7.87. The van der Waals surface area contributed by atoms with E-state index in [1.807, 2.05) is 0 Å². The van der Waals surface area contributed by atoms with Gasteiger partial charge in [-0.2, -0.15) is 0 Å². The molecule has 0 unspecified atom stereocenters. The summed E-state index contributed by atoms with van der Waals surface area (Å²) in [7, 11) is -3.28. The molecule has 0 aliphatic carbocycles. The van der Waals surface area contributed by atoms with Crippen LogP contribution >= 0.6 is 0 Å². The molecule has 1 heterocycles. The Balaban J connectivity index is 2.33. The predicted molar refractivity (Wildman–Crippen MR) is 73.5 cm³/mol. The monoisotopic (exact) mass is 319 g/mol. The minimum Gasteiger partial charge on any atom is -0.478 e. The number of furan rings is 1. The average molecular weight is 319 g/mol. The van der Waals surface area contributed by atoms with Crippen molar-refractivity contribution in [3.05, 3.63) is 23.2 Å². The van der Waals surface area contributed by atoms with Crippen LogP contribution in [-0.2, 0) is 16.6 Å². The highest BCUT2D eigenvalue weighted by atomic mass is 32.2. The van der Waals surface area contributed by atoms with Crippen molar-refractivity contribution in [3.8, 4) is 0 Å². The highest BCUT2D eigenvalue weighted by Gasteiger charge is 2.13. The Morgan fingerprint density at radius 2 is 1.95 bits per heavy atom. The van der Waals surface area contributed by atoms with Crippen molar-refractivity contribution in [2.45, 2.75) is 13.5 Å². The number of urea groups is 1. The van der Waals surface area contributed by atoms with Gasteiger partial charge in [0, 0.05) is 13.1 Å². The predicted octanol–water partition coefficient (Wildman–Crippen LogP) is -0.365. The van der Waals surface area contributed by atoms with Crippen LogP contribution in [0.15, 0.2) is 10.5 Å². The molecule has 2 amide bonds. The number of carboxylic acid groups (broad SMARTS) is 1. The molecule has 1 aromatic heterocycles. The average Bonchev–Trinajstić information content (AvgIpc) is 2.72. The van der Waals surface area contributed by atoms with Crippen LogP contribution in [0.4, 0.5) is 4.79 Å². The van der Waals surface area contributed by atoms with Crippen LogP contribution in [0.2, 0.25) is 0 Å². The molecule has 0 atom stereocenters.